The lowest BCUT2D eigenvalue weighted by Crippen LogP contribution is -2.32. The molecule has 0 saturated carbocycles. The Labute approximate surface area is 162 Å². The molecule has 3 rings (SSSR count). The van der Waals surface area contributed by atoms with Crippen LogP contribution < -0.4 is 0 Å². The predicted octanol–water partition coefficient (Wildman–Crippen LogP) is 4.36. The second-order valence-corrected chi connectivity index (χ2v) is 6.85. The van der Waals surface area contributed by atoms with Gasteiger partial charge in [0.05, 0.1) is 17.0 Å². The van der Waals surface area contributed by atoms with Gasteiger partial charge in [-0.2, -0.15) is 13.2 Å². The average Bonchev–Trinajstić information content (AvgIpc) is 3.14. The number of nitrogens with zero attached hydrogens (tertiary/aromatic N) is 3. The molecule has 146 valence electrons. The van der Waals surface area contributed by atoms with E-state index in [1.807, 2.05) is 0 Å². The monoisotopic (exact) mass is 409 g/mol. The van der Waals surface area contributed by atoms with Crippen LogP contribution in [0.4, 0.5) is 18.9 Å². The van der Waals surface area contributed by atoms with E-state index < -0.39 is 22.6 Å². The van der Waals surface area contributed by atoms with Crippen LogP contribution in [0.5, 0.6) is 0 Å². The summed E-state index contributed by atoms with van der Waals surface area (Å²) < 4.78 is 37.9. The number of halogens is 3. The van der Waals surface area contributed by atoms with Crippen molar-refractivity contribution in [2.45, 2.75) is 11.9 Å². The van der Waals surface area contributed by atoms with E-state index in [0.29, 0.717) is 29.6 Å². The van der Waals surface area contributed by atoms with Crippen LogP contribution in [-0.2, 0) is 11.9 Å². The van der Waals surface area contributed by atoms with Gasteiger partial charge in [0, 0.05) is 30.0 Å². The molecule has 2 aromatic carbocycles. The lowest BCUT2D eigenvalue weighted by Gasteiger charge is -2.18. The van der Waals surface area contributed by atoms with Crippen molar-refractivity contribution in [1.29, 1.82) is 0 Å². The highest BCUT2D eigenvalue weighted by Gasteiger charge is 2.30. The zero-order chi connectivity index (χ0) is 20.3. The van der Waals surface area contributed by atoms with Gasteiger partial charge in [-0.1, -0.05) is 30.0 Å². The molecule has 1 aliphatic rings. The van der Waals surface area contributed by atoms with Crippen molar-refractivity contribution < 1.29 is 22.9 Å². The van der Waals surface area contributed by atoms with Crippen LogP contribution in [0.1, 0.15) is 21.5 Å². The zero-order valence-corrected chi connectivity index (χ0v) is 15.2. The average molecular weight is 409 g/mol. The molecule has 2 aromatic rings. The first-order valence-electron chi connectivity index (χ1n) is 8.15. The van der Waals surface area contributed by atoms with Gasteiger partial charge in [-0.25, -0.2) is 0 Å². The molecule has 0 N–H and O–H groups in total. The fourth-order valence-corrected chi connectivity index (χ4v) is 3.59. The number of alkyl halides is 3. The van der Waals surface area contributed by atoms with Gasteiger partial charge >= 0.3 is 6.18 Å². The van der Waals surface area contributed by atoms with Crippen LogP contribution >= 0.6 is 11.8 Å². The maximum Gasteiger partial charge on any atom is 0.416 e. The normalized spacial score (nSPS) is 14.1. The van der Waals surface area contributed by atoms with Gasteiger partial charge in [-0.3, -0.25) is 24.8 Å². The number of rotatable bonds is 4. The number of carbonyl (C=O) groups is 1. The summed E-state index contributed by atoms with van der Waals surface area (Å²) in [5, 5.41) is 11.3. The van der Waals surface area contributed by atoms with Gasteiger partial charge in [-0.05, 0) is 23.8 Å². The van der Waals surface area contributed by atoms with Crippen molar-refractivity contribution in [2.24, 2.45) is 4.99 Å². The summed E-state index contributed by atoms with van der Waals surface area (Å²) in [6.07, 6.45) is -4.39. The van der Waals surface area contributed by atoms with Crippen LogP contribution in [0.2, 0.25) is 0 Å². The molecule has 1 amide bonds. The van der Waals surface area contributed by atoms with Crippen LogP contribution in [0, 0.1) is 10.1 Å². The second-order valence-electron chi connectivity index (χ2n) is 5.91. The highest BCUT2D eigenvalue weighted by molar-refractivity contribution is 8.13. The van der Waals surface area contributed by atoms with Crippen LogP contribution in [0.3, 0.4) is 0 Å². The summed E-state index contributed by atoms with van der Waals surface area (Å²) in [7, 11) is 0. The summed E-state index contributed by atoms with van der Waals surface area (Å²) in [6.45, 7) is 0.743. The lowest BCUT2D eigenvalue weighted by molar-refractivity contribution is -0.384. The molecule has 0 aliphatic carbocycles. The molecule has 10 heteroatoms. The molecule has 6 nitrogen and oxygen atoms in total. The molecule has 1 heterocycles. The standard InChI is InChI=1S/C18H14F3N3O3S/c19-18(20,21)14-6-4-12(5-7-14)11-28-17-22-8-9-23(17)16(25)13-2-1-3-15(10-13)24(26)27/h1-7,10H,8-9,11H2. The Morgan fingerprint density at radius 2 is 1.93 bits per heavy atom. The second kappa shape index (κ2) is 8.01. The molecule has 0 spiro atoms. The van der Waals surface area contributed by atoms with Gasteiger partial charge < -0.3 is 0 Å². The number of hydrogen-bond donors (Lipinski definition) is 0. The zero-order valence-electron chi connectivity index (χ0n) is 14.3. The predicted molar refractivity (Wildman–Crippen MR) is 99.2 cm³/mol. The maximum absolute atomic E-state index is 12.7. The van der Waals surface area contributed by atoms with Crippen molar-refractivity contribution in [3.05, 3.63) is 75.3 Å². The van der Waals surface area contributed by atoms with Gasteiger partial charge in [0.15, 0.2) is 5.17 Å². The molecule has 0 radical (unpaired) electrons. The van der Waals surface area contributed by atoms with E-state index in [-0.39, 0.29) is 11.3 Å². The lowest BCUT2D eigenvalue weighted by atomic mass is 10.1. The van der Waals surface area contributed by atoms with Crippen molar-refractivity contribution >= 4 is 28.5 Å². The summed E-state index contributed by atoms with van der Waals surface area (Å²) in [6, 6.07) is 10.2. The van der Waals surface area contributed by atoms with E-state index in [1.165, 1.54) is 53.1 Å². The molecule has 0 bridgehead atoms. The number of aliphatic imine (C=N–C) groups is 1. The fourth-order valence-electron chi connectivity index (χ4n) is 2.58. The first kappa shape index (κ1) is 19.9. The van der Waals surface area contributed by atoms with Crippen LogP contribution in [0.15, 0.2) is 53.5 Å². The number of benzene rings is 2. The summed E-state index contributed by atoms with van der Waals surface area (Å²) >= 11 is 1.23. The highest BCUT2D eigenvalue weighted by atomic mass is 32.2. The van der Waals surface area contributed by atoms with Gasteiger partial charge in [0.2, 0.25) is 0 Å². The molecular formula is C18H14F3N3O3S. The van der Waals surface area contributed by atoms with E-state index in [4.69, 9.17) is 0 Å². The summed E-state index contributed by atoms with van der Waals surface area (Å²) in [4.78, 5) is 28.7. The quantitative estimate of drug-likeness (QED) is 0.555. The smallest absolute Gasteiger partial charge is 0.286 e. The Balaban J connectivity index is 1.67. The fraction of sp³-hybridized carbons (Fsp3) is 0.222. The first-order chi connectivity index (χ1) is 13.3. The Morgan fingerprint density at radius 3 is 2.57 bits per heavy atom. The minimum absolute atomic E-state index is 0.180. The molecule has 0 unspecified atom stereocenters. The van der Waals surface area contributed by atoms with E-state index in [9.17, 15) is 28.1 Å². The van der Waals surface area contributed by atoms with Crippen molar-refractivity contribution in [3.8, 4) is 0 Å². The maximum atomic E-state index is 12.7. The van der Waals surface area contributed by atoms with Gasteiger partial charge in [0.1, 0.15) is 0 Å². The number of hydrogen-bond acceptors (Lipinski definition) is 5. The van der Waals surface area contributed by atoms with Crippen LogP contribution in [-0.4, -0.2) is 34.0 Å². The number of non-ortho nitro benzene ring substituents is 1. The highest BCUT2D eigenvalue weighted by Crippen LogP contribution is 2.30. The summed E-state index contributed by atoms with van der Waals surface area (Å²) in [5.74, 6) is -0.0600. The number of nitro benzene ring substituents is 1. The third-order valence-electron chi connectivity index (χ3n) is 4.00. The Bertz CT molecular complexity index is 930. The Morgan fingerprint density at radius 1 is 1.21 bits per heavy atom. The topological polar surface area (TPSA) is 75.8 Å². The van der Waals surface area contributed by atoms with Crippen LogP contribution in [0.25, 0.3) is 0 Å². The molecule has 28 heavy (non-hydrogen) atoms. The SMILES string of the molecule is O=C(c1cccc([N+](=O)[O-])c1)N1CCN=C1SCc1ccc(C(F)(F)F)cc1. The van der Waals surface area contributed by atoms with E-state index in [0.717, 1.165) is 12.1 Å². The van der Waals surface area contributed by atoms with E-state index in [2.05, 4.69) is 4.99 Å². The molecule has 0 fully saturated rings. The van der Waals surface area contributed by atoms with Crippen molar-refractivity contribution in [3.63, 3.8) is 0 Å². The molecular weight excluding hydrogens is 395 g/mol. The molecule has 1 aliphatic heterocycles. The van der Waals surface area contributed by atoms with Crippen molar-refractivity contribution in [1.82, 2.24) is 4.90 Å². The van der Waals surface area contributed by atoms with E-state index >= 15 is 0 Å². The minimum Gasteiger partial charge on any atom is -0.286 e. The van der Waals surface area contributed by atoms with Gasteiger partial charge in [-0.15, -0.1) is 0 Å². The number of amides is 1. The molecule has 0 saturated heterocycles. The van der Waals surface area contributed by atoms with E-state index in [1.54, 1.807) is 0 Å². The third-order valence-corrected chi connectivity index (χ3v) is 5.09. The number of amidine groups is 1. The molecule has 0 aromatic heterocycles. The number of nitro groups is 1. The first-order valence-corrected chi connectivity index (χ1v) is 9.14. The Kier molecular flexibility index (Phi) is 5.68. The Hall–Kier alpha value is -2.88. The third kappa shape index (κ3) is 4.50. The largest absolute Gasteiger partial charge is 0.416 e. The minimum atomic E-state index is -4.39. The summed E-state index contributed by atoms with van der Waals surface area (Å²) in [5.41, 5.74) is -0.0582. The van der Waals surface area contributed by atoms with Crippen molar-refractivity contribution in [2.75, 3.05) is 13.1 Å². The number of carbonyl (C=O) groups excluding carboxylic acids is 1. The number of thioether (sulfide) groups is 1. The molecule has 0 atom stereocenters. The van der Waals surface area contributed by atoms with Gasteiger partial charge in [0.25, 0.3) is 11.6 Å².